The van der Waals surface area contributed by atoms with Gasteiger partial charge in [-0.25, -0.2) is 0 Å². The molecular weight excluding hydrogens is 342 g/mol. The number of phenolic OH excluding ortho intramolecular Hbond substituents is 1. The van der Waals surface area contributed by atoms with Crippen molar-refractivity contribution in [2.45, 2.75) is 12.8 Å². The summed E-state index contributed by atoms with van der Waals surface area (Å²) in [6.45, 7) is 1.64. The van der Waals surface area contributed by atoms with E-state index in [2.05, 4.69) is 10.3 Å². The van der Waals surface area contributed by atoms with Gasteiger partial charge in [0.25, 0.3) is 5.91 Å². The van der Waals surface area contributed by atoms with Crippen LogP contribution in [0.15, 0.2) is 59.9 Å². The highest BCUT2D eigenvalue weighted by molar-refractivity contribution is 6.11. The van der Waals surface area contributed by atoms with Crippen molar-refractivity contribution in [2.24, 2.45) is 0 Å². The van der Waals surface area contributed by atoms with E-state index in [4.69, 9.17) is 0 Å². The smallest absolute Gasteiger partial charge is 0.259 e. The molecule has 0 fully saturated rings. The van der Waals surface area contributed by atoms with Crippen LogP contribution in [0.3, 0.4) is 0 Å². The summed E-state index contributed by atoms with van der Waals surface area (Å²) in [5, 5.41) is 14.1. The average molecular weight is 359 g/mol. The number of aromatic amines is 1. The molecule has 6 nitrogen and oxygen atoms in total. The van der Waals surface area contributed by atoms with Crippen LogP contribution < -0.4 is 5.32 Å². The summed E-state index contributed by atoms with van der Waals surface area (Å²) >= 11 is 0. The molecule has 3 N–H and O–H groups in total. The molecule has 2 aliphatic heterocycles. The van der Waals surface area contributed by atoms with E-state index in [1.54, 1.807) is 12.1 Å². The summed E-state index contributed by atoms with van der Waals surface area (Å²) in [6, 6.07) is 12.8. The Morgan fingerprint density at radius 1 is 1.19 bits per heavy atom. The van der Waals surface area contributed by atoms with Crippen molar-refractivity contribution in [3.63, 3.8) is 0 Å². The Morgan fingerprint density at radius 3 is 2.70 bits per heavy atom. The fourth-order valence-electron chi connectivity index (χ4n) is 4.12. The van der Waals surface area contributed by atoms with Crippen molar-refractivity contribution >= 4 is 28.4 Å². The van der Waals surface area contributed by atoms with Crippen molar-refractivity contribution < 1.29 is 14.7 Å². The summed E-state index contributed by atoms with van der Waals surface area (Å²) in [6.07, 6.45) is 1.92. The normalized spacial score (nSPS) is 18.5. The van der Waals surface area contributed by atoms with Crippen LogP contribution >= 0.6 is 0 Å². The summed E-state index contributed by atoms with van der Waals surface area (Å²) in [5.74, 6) is -0.707. The minimum atomic E-state index is -0.331. The van der Waals surface area contributed by atoms with Gasteiger partial charge in [-0.05, 0) is 35.4 Å². The van der Waals surface area contributed by atoms with Gasteiger partial charge in [0.1, 0.15) is 5.75 Å². The molecule has 0 saturated carbocycles. The van der Waals surface area contributed by atoms with Crippen molar-refractivity contribution in [1.82, 2.24) is 9.88 Å². The van der Waals surface area contributed by atoms with Gasteiger partial charge in [-0.3, -0.25) is 14.5 Å². The first-order valence-electron chi connectivity index (χ1n) is 8.76. The Labute approximate surface area is 155 Å². The fourth-order valence-corrected chi connectivity index (χ4v) is 4.12. The number of H-pyrrole nitrogens is 1. The number of amides is 2. The Morgan fingerprint density at radius 2 is 1.96 bits per heavy atom. The number of carbonyl (C=O) groups is 2. The number of anilines is 1. The van der Waals surface area contributed by atoms with Crippen molar-refractivity contribution in [3.05, 3.63) is 71.1 Å². The summed E-state index contributed by atoms with van der Waals surface area (Å²) in [4.78, 5) is 29.6. The molecule has 2 aromatic carbocycles. The van der Waals surface area contributed by atoms with E-state index < -0.39 is 0 Å². The molecule has 5 rings (SSSR count). The Bertz CT molecular complexity index is 1140. The van der Waals surface area contributed by atoms with Crippen LogP contribution in [0.2, 0.25) is 0 Å². The van der Waals surface area contributed by atoms with Gasteiger partial charge in [0.15, 0.2) is 0 Å². The van der Waals surface area contributed by atoms with Crippen LogP contribution in [0.25, 0.3) is 10.9 Å². The Kier molecular flexibility index (Phi) is 3.18. The lowest BCUT2D eigenvalue weighted by atomic mass is 9.84. The van der Waals surface area contributed by atoms with Gasteiger partial charge in [-0.2, -0.15) is 0 Å². The van der Waals surface area contributed by atoms with Crippen LogP contribution in [0.5, 0.6) is 5.75 Å². The number of rotatable bonds is 1. The van der Waals surface area contributed by atoms with E-state index >= 15 is 0 Å². The molecule has 3 heterocycles. The lowest BCUT2D eigenvalue weighted by Gasteiger charge is -2.19. The highest BCUT2D eigenvalue weighted by Crippen LogP contribution is 2.45. The Balaban J connectivity index is 1.79. The molecule has 27 heavy (non-hydrogen) atoms. The topological polar surface area (TPSA) is 85.4 Å². The molecule has 2 aliphatic rings. The minimum absolute atomic E-state index is 0.169. The van der Waals surface area contributed by atoms with E-state index in [0.29, 0.717) is 5.57 Å². The van der Waals surface area contributed by atoms with Crippen LogP contribution in [0.4, 0.5) is 5.69 Å². The maximum Gasteiger partial charge on any atom is 0.259 e. The first-order valence-corrected chi connectivity index (χ1v) is 8.76. The maximum absolute atomic E-state index is 13.1. The summed E-state index contributed by atoms with van der Waals surface area (Å²) < 4.78 is 0. The molecule has 1 aromatic heterocycles. The lowest BCUT2D eigenvalue weighted by Crippen LogP contribution is -2.33. The minimum Gasteiger partial charge on any atom is -0.508 e. The Hall–Kier alpha value is -3.54. The monoisotopic (exact) mass is 359 g/mol. The van der Waals surface area contributed by atoms with Crippen molar-refractivity contribution in [3.8, 4) is 5.75 Å². The zero-order chi connectivity index (χ0) is 18.7. The highest BCUT2D eigenvalue weighted by Gasteiger charge is 2.41. The van der Waals surface area contributed by atoms with Gasteiger partial charge >= 0.3 is 0 Å². The van der Waals surface area contributed by atoms with Gasteiger partial charge in [-0.15, -0.1) is 0 Å². The molecule has 6 heteroatoms. The second-order valence-electron chi connectivity index (χ2n) is 6.92. The number of hydrogen-bond donors (Lipinski definition) is 3. The predicted molar refractivity (Wildman–Crippen MR) is 101 cm³/mol. The number of hydrogen-bond acceptors (Lipinski definition) is 4. The van der Waals surface area contributed by atoms with E-state index in [0.717, 1.165) is 33.4 Å². The van der Waals surface area contributed by atoms with Crippen molar-refractivity contribution in [2.75, 3.05) is 11.9 Å². The molecule has 0 saturated heterocycles. The number of aromatic nitrogens is 1. The molecule has 2 amide bonds. The molecule has 0 radical (unpaired) electrons. The largest absolute Gasteiger partial charge is 0.508 e. The zero-order valence-corrected chi connectivity index (χ0v) is 14.6. The van der Waals surface area contributed by atoms with Gasteiger partial charge in [0.2, 0.25) is 5.91 Å². The second-order valence-corrected chi connectivity index (χ2v) is 6.92. The van der Waals surface area contributed by atoms with E-state index in [1.165, 1.54) is 11.8 Å². The fraction of sp³-hybridized carbons (Fsp3) is 0.143. The van der Waals surface area contributed by atoms with Gasteiger partial charge < -0.3 is 15.4 Å². The quantitative estimate of drug-likeness (QED) is 0.623. The number of phenols is 1. The van der Waals surface area contributed by atoms with Crippen LogP contribution in [0.1, 0.15) is 24.0 Å². The van der Waals surface area contributed by atoms with E-state index in [-0.39, 0.29) is 30.0 Å². The van der Waals surface area contributed by atoms with Crippen LogP contribution in [-0.2, 0) is 9.59 Å². The molecule has 3 aromatic rings. The standard InChI is InChI=1S/C21H17N3O3/c1-11(25)24-10-17-20(21(24)27)18(12-5-7-13(26)8-6-12)14-9-22-15-3-2-4-16(23-17)19(14)15/h2-9,18,22-23,26H,10H2,1H3/t18-/m0/s1. The average Bonchev–Trinajstić information content (AvgIpc) is 3.16. The highest BCUT2D eigenvalue weighted by atomic mass is 16.3. The van der Waals surface area contributed by atoms with Crippen LogP contribution in [-0.4, -0.2) is 33.3 Å². The molecule has 0 aliphatic carbocycles. The number of nitrogens with zero attached hydrogens (tertiary/aromatic N) is 1. The predicted octanol–water partition coefficient (Wildman–Crippen LogP) is 3.07. The number of nitrogens with one attached hydrogen (secondary N) is 2. The number of imide groups is 1. The number of aromatic hydroxyl groups is 1. The lowest BCUT2D eigenvalue weighted by molar-refractivity contribution is -0.139. The SMILES string of the molecule is CC(=O)N1CC2=C(C1=O)[C@@H](c1ccc(O)cc1)c1c[nH]c3cccc(c13)N2. The number of benzene rings is 2. The third-order valence-corrected chi connectivity index (χ3v) is 5.34. The summed E-state index contributed by atoms with van der Waals surface area (Å²) in [5.41, 5.74) is 5.08. The summed E-state index contributed by atoms with van der Waals surface area (Å²) in [7, 11) is 0. The first kappa shape index (κ1) is 15.7. The maximum atomic E-state index is 13.1. The van der Waals surface area contributed by atoms with Gasteiger partial charge in [-0.1, -0.05) is 18.2 Å². The van der Waals surface area contributed by atoms with Crippen molar-refractivity contribution in [1.29, 1.82) is 0 Å². The van der Waals surface area contributed by atoms with E-state index in [1.807, 2.05) is 36.5 Å². The zero-order valence-electron chi connectivity index (χ0n) is 14.6. The van der Waals surface area contributed by atoms with E-state index in [9.17, 15) is 14.7 Å². The van der Waals surface area contributed by atoms with Gasteiger partial charge in [0, 0.05) is 41.3 Å². The molecule has 0 unspecified atom stereocenters. The third-order valence-electron chi connectivity index (χ3n) is 5.34. The molecular formula is C21H17N3O3. The van der Waals surface area contributed by atoms with Crippen LogP contribution in [0, 0.1) is 0 Å². The molecule has 1 atom stereocenters. The second kappa shape index (κ2) is 5.48. The third kappa shape index (κ3) is 2.19. The number of carbonyl (C=O) groups excluding carboxylic acids is 2. The first-order chi connectivity index (χ1) is 13.0. The van der Waals surface area contributed by atoms with Gasteiger partial charge in [0.05, 0.1) is 12.1 Å². The molecule has 0 spiro atoms. The molecule has 0 bridgehead atoms. The molecule has 134 valence electrons.